The normalized spacial score (nSPS) is 20.1. The van der Waals surface area contributed by atoms with Crippen LogP contribution in [-0.2, 0) is 16.6 Å². The zero-order valence-electron chi connectivity index (χ0n) is 11.0. The zero-order valence-corrected chi connectivity index (χ0v) is 11.8. The Morgan fingerprint density at radius 3 is 2.89 bits per heavy atom. The first kappa shape index (κ1) is 14.4. The minimum absolute atomic E-state index is 0.0416. The summed E-state index contributed by atoms with van der Waals surface area (Å²) in [5, 5.41) is 3.17. The number of benzene rings is 1. The monoisotopic (exact) mass is 286 g/mol. The fourth-order valence-corrected chi connectivity index (χ4v) is 3.66. The second-order valence-corrected chi connectivity index (χ2v) is 7.08. The molecule has 0 radical (unpaired) electrons. The van der Waals surface area contributed by atoms with E-state index in [1.807, 2.05) is 0 Å². The van der Waals surface area contributed by atoms with Crippen molar-refractivity contribution in [3.63, 3.8) is 0 Å². The first-order valence-electron chi connectivity index (χ1n) is 6.39. The highest BCUT2D eigenvalue weighted by molar-refractivity contribution is 7.89. The molecule has 1 atom stereocenters. The molecule has 2 rings (SSSR count). The van der Waals surface area contributed by atoms with Gasteiger partial charge in [0, 0.05) is 19.6 Å². The highest BCUT2D eigenvalue weighted by atomic mass is 32.2. The summed E-state index contributed by atoms with van der Waals surface area (Å²) in [7, 11) is -1.77. The van der Waals surface area contributed by atoms with Crippen molar-refractivity contribution in [1.29, 1.82) is 0 Å². The van der Waals surface area contributed by atoms with Crippen LogP contribution >= 0.6 is 0 Å². The Morgan fingerprint density at radius 1 is 1.47 bits per heavy atom. The Bertz CT molecular complexity index is 527. The number of hydrogen-bond acceptors (Lipinski definition) is 3. The zero-order chi connectivity index (χ0) is 13.9. The summed E-state index contributed by atoms with van der Waals surface area (Å²) >= 11 is 0. The van der Waals surface area contributed by atoms with E-state index in [1.54, 1.807) is 12.1 Å². The van der Waals surface area contributed by atoms with Crippen LogP contribution in [-0.4, -0.2) is 38.1 Å². The molecular weight excluding hydrogens is 267 g/mol. The molecule has 1 unspecified atom stereocenters. The van der Waals surface area contributed by atoms with Gasteiger partial charge in [-0.2, -0.15) is 0 Å². The van der Waals surface area contributed by atoms with E-state index in [4.69, 9.17) is 0 Å². The topological polar surface area (TPSA) is 49.4 Å². The fourth-order valence-electron chi connectivity index (χ4n) is 2.27. The lowest BCUT2D eigenvalue weighted by molar-refractivity contribution is 0.458. The quantitative estimate of drug-likeness (QED) is 0.888. The standard InChI is InChI=1S/C13H19FN2O2S/c1-16(9-11-4-2-5-12(14)8-11)19(17,18)10-13-6-3-7-15-13/h2,4-5,8,13,15H,3,6-7,9-10H2,1H3. The summed E-state index contributed by atoms with van der Waals surface area (Å²) in [4.78, 5) is 0. The van der Waals surface area contributed by atoms with Gasteiger partial charge in [-0.05, 0) is 37.1 Å². The average Bonchev–Trinajstić information content (AvgIpc) is 2.81. The lowest BCUT2D eigenvalue weighted by Gasteiger charge is -2.19. The molecule has 1 N–H and O–H groups in total. The molecule has 6 heteroatoms. The van der Waals surface area contributed by atoms with Gasteiger partial charge in [-0.1, -0.05) is 12.1 Å². The first-order valence-corrected chi connectivity index (χ1v) is 8.00. The van der Waals surface area contributed by atoms with Crippen LogP contribution in [0, 0.1) is 5.82 Å². The summed E-state index contributed by atoms with van der Waals surface area (Å²) in [6.45, 7) is 1.08. The number of sulfonamides is 1. The number of hydrogen-bond donors (Lipinski definition) is 1. The van der Waals surface area contributed by atoms with Gasteiger partial charge in [0.25, 0.3) is 0 Å². The van der Waals surface area contributed by atoms with Crippen LogP contribution in [0.1, 0.15) is 18.4 Å². The van der Waals surface area contributed by atoms with E-state index < -0.39 is 10.0 Å². The molecular formula is C13H19FN2O2S. The molecule has 19 heavy (non-hydrogen) atoms. The van der Waals surface area contributed by atoms with Crippen LogP contribution in [0.4, 0.5) is 4.39 Å². The summed E-state index contributed by atoms with van der Waals surface area (Å²) < 4.78 is 38.7. The third-order valence-corrected chi connectivity index (χ3v) is 5.25. The Balaban J connectivity index is 1.99. The molecule has 1 fully saturated rings. The molecule has 106 valence electrons. The molecule has 0 aromatic heterocycles. The average molecular weight is 286 g/mol. The molecule has 0 aliphatic carbocycles. The molecule has 1 aromatic rings. The second-order valence-electron chi connectivity index (χ2n) is 4.96. The number of halogens is 1. The van der Waals surface area contributed by atoms with Gasteiger partial charge >= 0.3 is 0 Å². The van der Waals surface area contributed by atoms with Gasteiger partial charge in [-0.3, -0.25) is 0 Å². The summed E-state index contributed by atoms with van der Waals surface area (Å²) in [6.07, 6.45) is 1.92. The minimum Gasteiger partial charge on any atom is -0.313 e. The van der Waals surface area contributed by atoms with Crippen LogP contribution in [0.15, 0.2) is 24.3 Å². The minimum atomic E-state index is -3.31. The second kappa shape index (κ2) is 5.98. The summed E-state index contributed by atoms with van der Waals surface area (Å²) in [5.74, 6) is -0.237. The number of rotatable bonds is 5. The summed E-state index contributed by atoms with van der Waals surface area (Å²) in [5.41, 5.74) is 0.658. The van der Waals surface area contributed by atoms with E-state index >= 15 is 0 Å². The molecule has 4 nitrogen and oxygen atoms in total. The van der Waals surface area contributed by atoms with Gasteiger partial charge in [-0.15, -0.1) is 0 Å². The Kier molecular flexibility index (Phi) is 4.54. The van der Waals surface area contributed by atoms with E-state index in [9.17, 15) is 12.8 Å². The molecule has 0 spiro atoms. The van der Waals surface area contributed by atoms with E-state index in [0.717, 1.165) is 19.4 Å². The highest BCUT2D eigenvalue weighted by Crippen LogP contribution is 2.13. The Morgan fingerprint density at radius 2 is 2.26 bits per heavy atom. The lowest BCUT2D eigenvalue weighted by atomic mass is 10.2. The first-order chi connectivity index (χ1) is 8.97. The van der Waals surface area contributed by atoms with Gasteiger partial charge in [0.15, 0.2) is 0 Å². The van der Waals surface area contributed by atoms with Crippen molar-refractivity contribution < 1.29 is 12.8 Å². The maximum absolute atomic E-state index is 13.1. The van der Waals surface area contributed by atoms with Crippen molar-refractivity contribution in [2.75, 3.05) is 19.3 Å². The Hall–Kier alpha value is -0.980. The van der Waals surface area contributed by atoms with Gasteiger partial charge in [0.1, 0.15) is 5.82 Å². The van der Waals surface area contributed by atoms with Crippen molar-refractivity contribution in [2.45, 2.75) is 25.4 Å². The molecule has 0 bridgehead atoms. The molecule has 1 aromatic carbocycles. The number of nitrogens with zero attached hydrogens (tertiary/aromatic N) is 1. The molecule has 1 aliphatic rings. The van der Waals surface area contributed by atoms with Crippen molar-refractivity contribution in [3.8, 4) is 0 Å². The van der Waals surface area contributed by atoms with E-state index in [-0.39, 0.29) is 24.2 Å². The van der Waals surface area contributed by atoms with Crippen LogP contribution in [0.2, 0.25) is 0 Å². The highest BCUT2D eigenvalue weighted by Gasteiger charge is 2.25. The molecule has 1 aliphatic heterocycles. The third-order valence-electron chi connectivity index (χ3n) is 3.34. The fraction of sp³-hybridized carbons (Fsp3) is 0.538. The predicted molar refractivity (Wildman–Crippen MR) is 72.7 cm³/mol. The van der Waals surface area contributed by atoms with Gasteiger partial charge in [0.2, 0.25) is 10.0 Å². The summed E-state index contributed by atoms with van der Waals surface area (Å²) in [6, 6.07) is 6.06. The van der Waals surface area contributed by atoms with Crippen LogP contribution in [0.3, 0.4) is 0 Å². The van der Waals surface area contributed by atoms with Crippen molar-refractivity contribution in [3.05, 3.63) is 35.6 Å². The largest absolute Gasteiger partial charge is 0.313 e. The maximum atomic E-state index is 13.1. The van der Waals surface area contributed by atoms with E-state index in [0.29, 0.717) is 5.56 Å². The van der Waals surface area contributed by atoms with E-state index in [1.165, 1.54) is 23.5 Å². The van der Waals surface area contributed by atoms with Crippen molar-refractivity contribution >= 4 is 10.0 Å². The van der Waals surface area contributed by atoms with Gasteiger partial charge in [0.05, 0.1) is 5.75 Å². The SMILES string of the molecule is CN(Cc1cccc(F)c1)S(=O)(=O)CC1CCCN1. The Labute approximate surface area is 113 Å². The van der Waals surface area contributed by atoms with Gasteiger partial charge in [-0.25, -0.2) is 17.1 Å². The number of nitrogens with one attached hydrogen (secondary N) is 1. The lowest BCUT2D eigenvalue weighted by Crippen LogP contribution is -2.37. The molecule has 0 amide bonds. The van der Waals surface area contributed by atoms with Crippen LogP contribution in [0.25, 0.3) is 0 Å². The van der Waals surface area contributed by atoms with Gasteiger partial charge < -0.3 is 5.32 Å². The molecule has 1 heterocycles. The van der Waals surface area contributed by atoms with Crippen molar-refractivity contribution in [1.82, 2.24) is 9.62 Å². The van der Waals surface area contributed by atoms with E-state index in [2.05, 4.69) is 5.32 Å². The van der Waals surface area contributed by atoms with Crippen LogP contribution < -0.4 is 5.32 Å². The maximum Gasteiger partial charge on any atom is 0.215 e. The third kappa shape index (κ3) is 3.99. The predicted octanol–water partition coefficient (Wildman–Crippen LogP) is 1.34. The van der Waals surface area contributed by atoms with Crippen LogP contribution in [0.5, 0.6) is 0 Å². The smallest absolute Gasteiger partial charge is 0.215 e. The van der Waals surface area contributed by atoms with Crippen molar-refractivity contribution in [2.24, 2.45) is 0 Å². The molecule has 1 saturated heterocycles. The molecule has 0 saturated carbocycles.